The monoisotopic (exact) mass is 493 g/mol. The first kappa shape index (κ1) is 26.8. The Bertz CT molecular complexity index is 1120. The van der Waals surface area contributed by atoms with Crippen LogP contribution in [0.25, 0.3) is 0 Å². The third kappa shape index (κ3) is 6.88. The van der Waals surface area contributed by atoms with Crippen LogP contribution in [0.3, 0.4) is 0 Å². The summed E-state index contributed by atoms with van der Waals surface area (Å²) in [6.45, 7) is 2.27. The summed E-state index contributed by atoms with van der Waals surface area (Å²) < 4.78 is 21.6. The molecule has 0 radical (unpaired) electrons. The molecule has 2 aromatic carbocycles. The summed E-state index contributed by atoms with van der Waals surface area (Å²) in [4.78, 5) is 21.5. The van der Waals surface area contributed by atoms with E-state index in [0.717, 1.165) is 43.1 Å². The highest BCUT2D eigenvalue weighted by Crippen LogP contribution is 2.32. The van der Waals surface area contributed by atoms with Gasteiger partial charge in [-0.3, -0.25) is 9.78 Å². The number of aromatic nitrogens is 1. The zero-order valence-corrected chi connectivity index (χ0v) is 21.7. The molecule has 1 amide bonds. The molecule has 0 aliphatic rings. The minimum absolute atomic E-state index is 0.0856. The van der Waals surface area contributed by atoms with Gasteiger partial charge in [0, 0.05) is 42.8 Å². The van der Waals surface area contributed by atoms with Crippen LogP contribution >= 0.6 is 0 Å². The lowest BCUT2D eigenvalue weighted by atomic mass is 10.1. The molecule has 0 saturated heterocycles. The van der Waals surface area contributed by atoms with E-state index < -0.39 is 0 Å². The molecule has 8 nitrogen and oxygen atoms in total. The Morgan fingerprint density at radius 2 is 1.36 bits per heavy atom. The fourth-order valence-electron chi connectivity index (χ4n) is 3.96. The number of ether oxygens (including phenoxy) is 4. The van der Waals surface area contributed by atoms with Crippen LogP contribution < -0.4 is 23.8 Å². The maximum absolute atomic E-state index is 13.4. The molecule has 3 rings (SSSR count). The van der Waals surface area contributed by atoms with Crippen LogP contribution in [0.4, 0.5) is 5.69 Å². The number of benzene rings is 2. The molecule has 36 heavy (non-hydrogen) atoms. The van der Waals surface area contributed by atoms with E-state index in [1.165, 1.54) is 5.56 Å². The Balaban J connectivity index is 1.65. The normalized spacial score (nSPS) is 10.7. The van der Waals surface area contributed by atoms with E-state index in [4.69, 9.17) is 18.9 Å². The highest BCUT2D eigenvalue weighted by molar-refractivity contribution is 6.06. The van der Waals surface area contributed by atoms with Gasteiger partial charge in [0.05, 0.1) is 28.4 Å². The predicted molar refractivity (Wildman–Crippen MR) is 141 cm³/mol. The zero-order chi connectivity index (χ0) is 25.9. The SMILES string of the molecule is COc1ccc(CCN(C)CCCN(C(=O)c2ccncc2)c2ccc(OC)c(OC)c2)cc1OC. The molecule has 0 atom stereocenters. The molecule has 0 N–H and O–H groups in total. The molecule has 0 aliphatic carbocycles. The number of carbonyl (C=O) groups excluding carboxylic acids is 1. The second-order valence-electron chi connectivity index (χ2n) is 8.33. The highest BCUT2D eigenvalue weighted by atomic mass is 16.5. The van der Waals surface area contributed by atoms with Gasteiger partial charge in [0.15, 0.2) is 23.0 Å². The Hall–Kier alpha value is -3.78. The van der Waals surface area contributed by atoms with Gasteiger partial charge in [-0.05, 0) is 68.4 Å². The number of anilines is 1. The van der Waals surface area contributed by atoms with Crippen LogP contribution in [0, 0.1) is 0 Å². The number of nitrogens with zero attached hydrogens (tertiary/aromatic N) is 3. The Morgan fingerprint density at radius 1 is 0.750 bits per heavy atom. The van der Waals surface area contributed by atoms with Crippen molar-refractivity contribution in [2.24, 2.45) is 0 Å². The van der Waals surface area contributed by atoms with E-state index in [0.29, 0.717) is 23.6 Å². The van der Waals surface area contributed by atoms with Gasteiger partial charge in [0.25, 0.3) is 5.91 Å². The number of likely N-dealkylation sites (N-methyl/N-ethyl adjacent to an activating group) is 1. The molecule has 0 aliphatic heterocycles. The minimum atomic E-state index is -0.0856. The first-order valence-electron chi connectivity index (χ1n) is 11.8. The van der Waals surface area contributed by atoms with Crippen molar-refractivity contribution in [3.63, 3.8) is 0 Å². The summed E-state index contributed by atoms with van der Waals surface area (Å²) in [6, 6.07) is 15.0. The largest absolute Gasteiger partial charge is 0.493 e. The fraction of sp³-hybridized carbons (Fsp3) is 0.357. The number of carbonyl (C=O) groups is 1. The van der Waals surface area contributed by atoms with E-state index in [1.54, 1.807) is 57.9 Å². The average Bonchev–Trinajstić information content (AvgIpc) is 2.93. The topological polar surface area (TPSA) is 73.4 Å². The molecule has 0 unspecified atom stereocenters. The van der Waals surface area contributed by atoms with Gasteiger partial charge in [0.1, 0.15) is 0 Å². The van der Waals surface area contributed by atoms with Crippen molar-refractivity contribution >= 4 is 11.6 Å². The summed E-state index contributed by atoms with van der Waals surface area (Å²) in [7, 11) is 8.55. The minimum Gasteiger partial charge on any atom is -0.493 e. The lowest BCUT2D eigenvalue weighted by Crippen LogP contribution is -2.34. The van der Waals surface area contributed by atoms with E-state index in [9.17, 15) is 4.79 Å². The summed E-state index contributed by atoms with van der Waals surface area (Å²) in [5, 5.41) is 0. The maximum Gasteiger partial charge on any atom is 0.258 e. The summed E-state index contributed by atoms with van der Waals surface area (Å²) in [5.74, 6) is 2.57. The standard InChI is InChI=1S/C28H35N3O5/c1-30(18-13-21-7-9-24(33-2)26(19-21)35-4)16-6-17-31(28(32)22-11-14-29-15-12-22)23-8-10-25(34-3)27(20-23)36-5/h7-12,14-15,19-20H,6,13,16-18H2,1-5H3. The first-order chi connectivity index (χ1) is 17.5. The summed E-state index contributed by atoms with van der Waals surface area (Å²) >= 11 is 0. The molecular weight excluding hydrogens is 458 g/mol. The summed E-state index contributed by atoms with van der Waals surface area (Å²) in [5.41, 5.74) is 2.52. The van der Waals surface area contributed by atoms with Crippen LogP contribution in [0.15, 0.2) is 60.9 Å². The number of methoxy groups -OCH3 is 4. The first-order valence-corrected chi connectivity index (χ1v) is 11.8. The zero-order valence-electron chi connectivity index (χ0n) is 21.7. The van der Waals surface area contributed by atoms with Crippen LogP contribution in [-0.2, 0) is 6.42 Å². The number of amides is 1. The molecule has 192 valence electrons. The van der Waals surface area contributed by atoms with Crippen molar-refractivity contribution in [3.8, 4) is 23.0 Å². The lowest BCUT2D eigenvalue weighted by Gasteiger charge is -2.25. The maximum atomic E-state index is 13.4. The van der Waals surface area contributed by atoms with Crippen LogP contribution in [-0.4, -0.2) is 70.9 Å². The van der Waals surface area contributed by atoms with Gasteiger partial charge in [-0.25, -0.2) is 0 Å². The Labute approximate surface area is 213 Å². The van der Waals surface area contributed by atoms with Crippen LogP contribution in [0.1, 0.15) is 22.3 Å². The van der Waals surface area contributed by atoms with E-state index in [1.807, 2.05) is 30.3 Å². The van der Waals surface area contributed by atoms with E-state index in [-0.39, 0.29) is 5.91 Å². The molecule has 3 aromatic rings. The lowest BCUT2D eigenvalue weighted by molar-refractivity contribution is 0.0985. The second kappa shape index (κ2) is 13.3. The van der Waals surface area contributed by atoms with Gasteiger partial charge >= 0.3 is 0 Å². The van der Waals surface area contributed by atoms with Crippen molar-refractivity contribution in [2.75, 3.05) is 60.0 Å². The van der Waals surface area contributed by atoms with Gasteiger partial charge in [-0.2, -0.15) is 0 Å². The molecule has 8 heteroatoms. The number of hydrogen-bond donors (Lipinski definition) is 0. The number of pyridine rings is 1. The van der Waals surface area contributed by atoms with Crippen molar-refractivity contribution in [2.45, 2.75) is 12.8 Å². The van der Waals surface area contributed by atoms with Crippen molar-refractivity contribution in [3.05, 3.63) is 72.1 Å². The van der Waals surface area contributed by atoms with Crippen molar-refractivity contribution in [1.82, 2.24) is 9.88 Å². The van der Waals surface area contributed by atoms with Gasteiger partial charge in [0.2, 0.25) is 0 Å². The predicted octanol–water partition coefficient (Wildman–Crippen LogP) is 4.33. The molecule has 0 bridgehead atoms. The Kier molecular flexibility index (Phi) is 9.94. The van der Waals surface area contributed by atoms with Gasteiger partial charge in [-0.1, -0.05) is 6.07 Å². The van der Waals surface area contributed by atoms with Gasteiger partial charge in [-0.15, -0.1) is 0 Å². The van der Waals surface area contributed by atoms with E-state index in [2.05, 4.69) is 23.0 Å². The molecule has 0 spiro atoms. The van der Waals surface area contributed by atoms with E-state index >= 15 is 0 Å². The molecular formula is C28H35N3O5. The average molecular weight is 494 g/mol. The number of hydrogen-bond acceptors (Lipinski definition) is 7. The smallest absolute Gasteiger partial charge is 0.258 e. The Morgan fingerprint density at radius 3 is 2.00 bits per heavy atom. The fourth-order valence-corrected chi connectivity index (χ4v) is 3.96. The number of rotatable bonds is 13. The third-order valence-corrected chi connectivity index (χ3v) is 6.00. The molecule has 0 fully saturated rings. The molecule has 0 saturated carbocycles. The van der Waals surface area contributed by atoms with Crippen molar-refractivity contribution in [1.29, 1.82) is 0 Å². The third-order valence-electron chi connectivity index (χ3n) is 6.00. The van der Waals surface area contributed by atoms with Crippen LogP contribution in [0.2, 0.25) is 0 Å². The van der Waals surface area contributed by atoms with Crippen LogP contribution in [0.5, 0.6) is 23.0 Å². The molecule has 1 aromatic heterocycles. The quantitative estimate of drug-likeness (QED) is 0.351. The second-order valence-corrected chi connectivity index (χ2v) is 8.33. The highest BCUT2D eigenvalue weighted by Gasteiger charge is 2.19. The van der Waals surface area contributed by atoms with Gasteiger partial charge < -0.3 is 28.7 Å². The summed E-state index contributed by atoms with van der Waals surface area (Å²) in [6.07, 6.45) is 4.93. The van der Waals surface area contributed by atoms with Crippen molar-refractivity contribution < 1.29 is 23.7 Å². The molecule has 1 heterocycles.